The first-order valence-electron chi connectivity index (χ1n) is 7.34. The third-order valence-electron chi connectivity index (χ3n) is 3.47. The number of hydrogen-bond donors (Lipinski definition) is 0. The molecule has 0 atom stereocenters. The molecule has 0 aliphatic heterocycles. The minimum Gasteiger partial charge on any atom is -0.281 e. The molecular formula is C18H20N2O. The Balaban J connectivity index is 2.73. The summed E-state index contributed by atoms with van der Waals surface area (Å²) in [6, 6.07) is 9.73. The number of rotatable bonds is 5. The second kappa shape index (κ2) is 6.90. The monoisotopic (exact) mass is 280 g/mol. The molecule has 0 fully saturated rings. The van der Waals surface area contributed by atoms with Crippen molar-refractivity contribution in [3.63, 3.8) is 0 Å². The zero-order chi connectivity index (χ0) is 15.2. The van der Waals surface area contributed by atoms with Crippen molar-refractivity contribution in [2.24, 2.45) is 0 Å². The van der Waals surface area contributed by atoms with Gasteiger partial charge in [0.1, 0.15) is 5.82 Å². The van der Waals surface area contributed by atoms with Crippen LogP contribution in [0.25, 0.3) is 11.4 Å². The first-order chi connectivity index (χ1) is 10.2. The molecule has 3 heteroatoms. The van der Waals surface area contributed by atoms with Crippen LogP contribution in [0.5, 0.6) is 0 Å². The molecule has 1 aromatic carbocycles. The van der Waals surface area contributed by atoms with Gasteiger partial charge in [-0.3, -0.25) is 9.36 Å². The van der Waals surface area contributed by atoms with Gasteiger partial charge in [0.25, 0.3) is 5.56 Å². The van der Waals surface area contributed by atoms with E-state index in [2.05, 4.69) is 12.8 Å². The zero-order valence-electron chi connectivity index (χ0n) is 12.6. The van der Waals surface area contributed by atoms with Crippen LogP contribution in [0, 0.1) is 12.3 Å². The van der Waals surface area contributed by atoms with E-state index in [-0.39, 0.29) is 12.1 Å². The molecule has 0 saturated heterocycles. The van der Waals surface area contributed by atoms with Crippen molar-refractivity contribution in [3.8, 4) is 23.7 Å². The minimum atomic E-state index is -0.00671. The van der Waals surface area contributed by atoms with Gasteiger partial charge in [-0.15, -0.1) is 6.42 Å². The molecule has 0 amide bonds. The summed E-state index contributed by atoms with van der Waals surface area (Å²) in [7, 11) is 0. The van der Waals surface area contributed by atoms with Gasteiger partial charge in [0.05, 0.1) is 12.2 Å². The highest BCUT2D eigenvalue weighted by molar-refractivity contribution is 5.56. The number of aromatic nitrogens is 2. The topological polar surface area (TPSA) is 34.9 Å². The molecule has 108 valence electrons. The maximum atomic E-state index is 12.7. The molecule has 0 unspecified atom stereocenters. The van der Waals surface area contributed by atoms with Crippen molar-refractivity contribution in [1.29, 1.82) is 0 Å². The number of terminal acetylenes is 1. The molecule has 0 N–H and O–H groups in total. The molecule has 2 aromatic rings. The molecule has 0 radical (unpaired) electrons. The van der Waals surface area contributed by atoms with E-state index in [4.69, 9.17) is 11.4 Å². The highest BCUT2D eigenvalue weighted by Gasteiger charge is 2.15. The second-order valence-corrected chi connectivity index (χ2v) is 4.93. The summed E-state index contributed by atoms with van der Waals surface area (Å²) in [5, 5.41) is 0. The molecule has 0 bridgehead atoms. The van der Waals surface area contributed by atoms with Crippen molar-refractivity contribution < 1.29 is 0 Å². The van der Waals surface area contributed by atoms with Gasteiger partial charge in [-0.25, -0.2) is 4.98 Å². The van der Waals surface area contributed by atoms with Crippen LogP contribution in [-0.2, 0) is 19.4 Å². The number of aryl methyl sites for hydroxylation is 1. The van der Waals surface area contributed by atoms with Crippen molar-refractivity contribution in [2.45, 2.75) is 39.7 Å². The predicted molar refractivity (Wildman–Crippen MR) is 86.1 cm³/mol. The summed E-state index contributed by atoms with van der Waals surface area (Å²) in [4.78, 5) is 17.5. The van der Waals surface area contributed by atoms with Gasteiger partial charge in [0.15, 0.2) is 0 Å². The van der Waals surface area contributed by atoms with Gasteiger partial charge < -0.3 is 0 Å². The van der Waals surface area contributed by atoms with Crippen LogP contribution in [0.2, 0.25) is 0 Å². The van der Waals surface area contributed by atoms with Gasteiger partial charge >= 0.3 is 0 Å². The normalized spacial score (nSPS) is 10.3. The highest BCUT2D eigenvalue weighted by Crippen LogP contribution is 2.18. The van der Waals surface area contributed by atoms with Gasteiger partial charge in [-0.05, 0) is 12.8 Å². The van der Waals surface area contributed by atoms with Gasteiger partial charge in [0, 0.05) is 11.1 Å². The van der Waals surface area contributed by atoms with Crippen LogP contribution in [0.4, 0.5) is 0 Å². The SMILES string of the molecule is C#CCn1c(-c2ccccc2)nc(CCC)c(CC)c1=O. The first-order valence-corrected chi connectivity index (χ1v) is 7.34. The molecule has 1 heterocycles. The average Bonchev–Trinajstić information content (AvgIpc) is 2.51. The van der Waals surface area contributed by atoms with E-state index in [1.807, 2.05) is 37.3 Å². The fraction of sp³-hybridized carbons (Fsp3) is 0.333. The van der Waals surface area contributed by atoms with Crippen molar-refractivity contribution >= 4 is 0 Å². The number of benzene rings is 1. The molecule has 3 nitrogen and oxygen atoms in total. The Morgan fingerprint density at radius 2 is 1.95 bits per heavy atom. The molecule has 1 aromatic heterocycles. The fourth-order valence-corrected chi connectivity index (χ4v) is 2.48. The lowest BCUT2D eigenvalue weighted by molar-refractivity contribution is 0.732. The van der Waals surface area contributed by atoms with Crippen LogP contribution in [0.3, 0.4) is 0 Å². The van der Waals surface area contributed by atoms with Crippen molar-refractivity contribution in [2.75, 3.05) is 0 Å². The quantitative estimate of drug-likeness (QED) is 0.789. The lowest BCUT2D eigenvalue weighted by Crippen LogP contribution is -2.28. The lowest BCUT2D eigenvalue weighted by atomic mass is 10.1. The van der Waals surface area contributed by atoms with Crippen molar-refractivity contribution in [1.82, 2.24) is 9.55 Å². The smallest absolute Gasteiger partial charge is 0.258 e. The minimum absolute atomic E-state index is 0.00671. The number of hydrogen-bond acceptors (Lipinski definition) is 2. The third kappa shape index (κ3) is 3.05. The van der Waals surface area contributed by atoms with Crippen molar-refractivity contribution in [3.05, 3.63) is 51.9 Å². The Morgan fingerprint density at radius 1 is 1.24 bits per heavy atom. The zero-order valence-corrected chi connectivity index (χ0v) is 12.6. The molecule has 0 aliphatic rings. The van der Waals surface area contributed by atoms with E-state index < -0.39 is 0 Å². The van der Waals surface area contributed by atoms with Crippen LogP contribution in [0.15, 0.2) is 35.1 Å². The Bertz CT molecular complexity index is 708. The van der Waals surface area contributed by atoms with E-state index in [9.17, 15) is 4.79 Å². The van der Waals surface area contributed by atoms with E-state index in [0.29, 0.717) is 12.2 Å². The number of nitrogens with zero attached hydrogens (tertiary/aromatic N) is 2. The molecule has 0 aliphatic carbocycles. The van der Waals surface area contributed by atoms with Gasteiger partial charge in [-0.1, -0.05) is 56.5 Å². The third-order valence-corrected chi connectivity index (χ3v) is 3.47. The van der Waals surface area contributed by atoms with Crippen LogP contribution in [-0.4, -0.2) is 9.55 Å². The van der Waals surface area contributed by atoms with Gasteiger partial charge in [0.2, 0.25) is 0 Å². The largest absolute Gasteiger partial charge is 0.281 e. The molecular weight excluding hydrogens is 260 g/mol. The summed E-state index contributed by atoms with van der Waals surface area (Å²) in [5.74, 6) is 3.23. The molecule has 21 heavy (non-hydrogen) atoms. The Labute approximate surface area is 125 Å². The summed E-state index contributed by atoms with van der Waals surface area (Å²) in [6.45, 7) is 4.33. The summed E-state index contributed by atoms with van der Waals surface area (Å²) in [6.07, 6.45) is 7.89. The molecule has 0 saturated carbocycles. The maximum Gasteiger partial charge on any atom is 0.258 e. The van der Waals surface area contributed by atoms with Crippen LogP contribution < -0.4 is 5.56 Å². The van der Waals surface area contributed by atoms with Crippen LogP contribution >= 0.6 is 0 Å². The van der Waals surface area contributed by atoms with E-state index in [1.165, 1.54) is 0 Å². The highest BCUT2D eigenvalue weighted by atomic mass is 16.1. The Hall–Kier alpha value is -2.34. The second-order valence-electron chi connectivity index (χ2n) is 4.93. The maximum absolute atomic E-state index is 12.7. The summed E-state index contributed by atoms with van der Waals surface area (Å²) < 4.78 is 1.60. The van der Waals surface area contributed by atoms with Crippen LogP contribution in [0.1, 0.15) is 31.5 Å². The fourth-order valence-electron chi connectivity index (χ4n) is 2.48. The molecule has 2 rings (SSSR count). The van der Waals surface area contributed by atoms with Gasteiger partial charge in [-0.2, -0.15) is 0 Å². The Morgan fingerprint density at radius 3 is 2.52 bits per heavy atom. The Kier molecular flexibility index (Phi) is 4.94. The summed E-state index contributed by atoms with van der Waals surface area (Å²) in [5.41, 5.74) is 2.60. The predicted octanol–water partition coefficient (Wildman–Crippen LogP) is 3.06. The standard InChI is InChI=1S/C18H20N2O/c1-4-10-16-15(6-3)18(21)20(13-5-2)17(19-16)14-11-8-7-9-12-14/h2,7-9,11-12H,4,6,10,13H2,1,3H3. The summed E-state index contributed by atoms with van der Waals surface area (Å²) >= 11 is 0. The lowest BCUT2D eigenvalue weighted by Gasteiger charge is -2.15. The average molecular weight is 280 g/mol. The first kappa shape index (κ1) is 15.1. The molecule has 0 spiro atoms. The van der Waals surface area contributed by atoms with E-state index in [0.717, 1.165) is 29.7 Å². The van der Waals surface area contributed by atoms with E-state index >= 15 is 0 Å². The van der Waals surface area contributed by atoms with E-state index in [1.54, 1.807) is 4.57 Å².